The number of rotatable bonds is 5. The molecule has 36 heavy (non-hydrogen) atoms. The molecule has 0 radical (unpaired) electrons. The first-order chi connectivity index (χ1) is 17.6. The number of anilines is 2. The molecule has 1 saturated heterocycles. The number of pyridine rings is 2. The van der Waals surface area contributed by atoms with Gasteiger partial charge in [0.1, 0.15) is 0 Å². The highest BCUT2D eigenvalue weighted by atomic mass is 16.1. The summed E-state index contributed by atoms with van der Waals surface area (Å²) in [6, 6.07) is 12.7. The number of H-pyrrole nitrogens is 2. The van der Waals surface area contributed by atoms with Crippen LogP contribution in [-0.2, 0) is 4.79 Å². The largest absolute Gasteiger partial charge is 0.371 e. The number of carbonyl (C=O) groups is 1. The highest BCUT2D eigenvalue weighted by Crippen LogP contribution is 2.35. The minimum absolute atomic E-state index is 0.0395. The second-order valence-electron chi connectivity index (χ2n) is 9.77. The van der Waals surface area contributed by atoms with Gasteiger partial charge in [0.05, 0.1) is 23.3 Å². The molecule has 1 aliphatic heterocycles. The van der Waals surface area contributed by atoms with Gasteiger partial charge in [-0.15, -0.1) is 0 Å². The van der Waals surface area contributed by atoms with Crippen molar-refractivity contribution in [3.8, 4) is 22.5 Å². The monoisotopic (exact) mass is 479 g/mol. The number of carbonyl (C=O) groups excluding carboxylic acids is 1. The summed E-state index contributed by atoms with van der Waals surface area (Å²) in [7, 11) is 0. The van der Waals surface area contributed by atoms with Crippen molar-refractivity contribution >= 4 is 39.2 Å². The normalized spacial score (nSPS) is 14.1. The van der Waals surface area contributed by atoms with Crippen LogP contribution in [0, 0.1) is 5.92 Å². The highest BCUT2D eigenvalue weighted by Gasteiger charge is 2.18. The van der Waals surface area contributed by atoms with Gasteiger partial charge in [0.2, 0.25) is 5.91 Å². The summed E-state index contributed by atoms with van der Waals surface area (Å²) in [5, 5.41) is 12.7. The Morgan fingerprint density at radius 2 is 1.83 bits per heavy atom. The Kier molecular flexibility index (Phi) is 5.64. The van der Waals surface area contributed by atoms with Crippen molar-refractivity contribution in [2.75, 3.05) is 23.3 Å². The molecule has 4 aromatic heterocycles. The molecular weight excluding hydrogens is 450 g/mol. The van der Waals surface area contributed by atoms with Crippen molar-refractivity contribution in [2.24, 2.45) is 5.92 Å². The van der Waals surface area contributed by atoms with Gasteiger partial charge in [0.15, 0.2) is 5.65 Å². The number of nitrogens with zero attached hydrogens (tertiary/aromatic N) is 4. The Bertz CT molecular complexity index is 1560. The molecular formula is C28H29N7O. The third-order valence-electron chi connectivity index (χ3n) is 6.88. The van der Waals surface area contributed by atoms with Crippen LogP contribution < -0.4 is 10.2 Å². The summed E-state index contributed by atoms with van der Waals surface area (Å²) in [5.41, 5.74) is 7.37. The topological polar surface area (TPSA) is 103 Å². The van der Waals surface area contributed by atoms with E-state index in [1.807, 2.05) is 19.9 Å². The van der Waals surface area contributed by atoms with Crippen molar-refractivity contribution in [3.63, 3.8) is 0 Å². The number of aromatic nitrogens is 5. The third kappa shape index (κ3) is 4.08. The number of hydrogen-bond donors (Lipinski definition) is 3. The highest BCUT2D eigenvalue weighted by molar-refractivity contribution is 6.00. The van der Waals surface area contributed by atoms with Gasteiger partial charge in [-0.2, -0.15) is 5.10 Å². The lowest BCUT2D eigenvalue weighted by molar-refractivity contribution is -0.118. The lowest BCUT2D eigenvalue weighted by Gasteiger charge is -2.29. The zero-order valence-corrected chi connectivity index (χ0v) is 20.5. The summed E-state index contributed by atoms with van der Waals surface area (Å²) in [6.45, 7) is 5.93. The first kappa shape index (κ1) is 22.3. The third-order valence-corrected chi connectivity index (χ3v) is 6.88. The number of piperidine rings is 1. The fourth-order valence-corrected chi connectivity index (χ4v) is 4.90. The summed E-state index contributed by atoms with van der Waals surface area (Å²) in [5.74, 6) is -0.144. The standard InChI is InChI=1S/C28H29N7O/c1-17(2)28(36)31-20-11-18(14-29-16-20)19-12-22-26(33-34-27(22)30-15-19)24-13-21-23(32-24)7-6-8-25(21)35-9-4-3-5-10-35/h6-8,11-17,32H,3-5,9-10H2,1-2H3,(H,31,36)(H,30,33,34). The molecule has 0 spiro atoms. The van der Waals surface area contributed by atoms with Gasteiger partial charge in [-0.3, -0.25) is 14.9 Å². The van der Waals surface area contributed by atoms with Crippen LogP contribution in [0.3, 0.4) is 0 Å². The van der Waals surface area contributed by atoms with Crippen molar-refractivity contribution in [2.45, 2.75) is 33.1 Å². The van der Waals surface area contributed by atoms with Crippen LogP contribution in [0.25, 0.3) is 44.5 Å². The summed E-state index contributed by atoms with van der Waals surface area (Å²) < 4.78 is 0. The lowest BCUT2D eigenvalue weighted by Crippen LogP contribution is -2.29. The van der Waals surface area contributed by atoms with E-state index in [-0.39, 0.29) is 11.8 Å². The van der Waals surface area contributed by atoms with Gasteiger partial charge in [-0.25, -0.2) is 4.98 Å². The zero-order chi connectivity index (χ0) is 24.6. The van der Waals surface area contributed by atoms with E-state index in [1.54, 1.807) is 18.6 Å². The van der Waals surface area contributed by atoms with E-state index >= 15 is 0 Å². The molecule has 182 valence electrons. The summed E-state index contributed by atoms with van der Waals surface area (Å²) >= 11 is 0. The second kappa shape index (κ2) is 9.11. The minimum atomic E-state index is -0.105. The van der Waals surface area contributed by atoms with Crippen molar-refractivity contribution in [1.82, 2.24) is 25.1 Å². The van der Waals surface area contributed by atoms with Crippen molar-refractivity contribution in [1.29, 1.82) is 0 Å². The fraction of sp³-hybridized carbons (Fsp3) is 0.286. The van der Waals surface area contributed by atoms with Gasteiger partial charge < -0.3 is 15.2 Å². The molecule has 1 amide bonds. The molecule has 3 N–H and O–H groups in total. The number of hydrogen-bond acceptors (Lipinski definition) is 5. The van der Waals surface area contributed by atoms with Crippen LogP contribution >= 0.6 is 0 Å². The second-order valence-corrected chi connectivity index (χ2v) is 9.77. The maximum absolute atomic E-state index is 12.1. The van der Waals surface area contributed by atoms with Crippen molar-refractivity contribution < 1.29 is 4.79 Å². The van der Waals surface area contributed by atoms with E-state index < -0.39 is 0 Å². The lowest BCUT2D eigenvalue weighted by atomic mass is 10.1. The SMILES string of the molecule is CC(C)C(=O)Nc1cncc(-c2cnc3n[nH]c(-c4cc5c(N6CCCCC6)cccc5[nH]4)c3c2)c1. The van der Waals surface area contributed by atoms with E-state index in [4.69, 9.17) is 0 Å². The van der Waals surface area contributed by atoms with E-state index in [0.29, 0.717) is 11.3 Å². The molecule has 8 heteroatoms. The van der Waals surface area contributed by atoms with Crippen LogP contribution in [0.2, 0.25) is 0 Å². The molecule has 0 atom stereocenters. The molecule has 0 unspecified atom stereocenters. The predicted octanol–water partition coefficient (Wildman–Crippen LogP) is 5.75. The first-order valence-corrected chi connectivity index (χ1v) is 12.5. The fourth-order valence-electron chi connectivity index (χ4n) is 4.90. The van der Waals surface area contributed by atoms with Crippen molar-refractivity contribution in [3.05, 3.63) is 55.0 Å². The van der Waals surface area contributed by atoms with Crippen LogP contribution in [0.5, 0.6) is 0 Å². The van der Waals surface area contributed by atoms with Crippen LogP contribution in [0.1, 0.15) is 33.1 Å². The summed E-state index contributed by atoms with van der Waals surface area (Å²) in [6.07, 6.45) is 9.01. The molecule has 6 rings (SSSR count). The molecule has 0 saturated carbocycles. The van der Waals surface area contributed by atoms with Crippen LogP contribution in [-0.4, -0.2) is 44.1 Å². The van der Waals surface area contributed by atoms with E-state index in [0.717, 1.165) is 46.5 Å². The van der Waals surface area contributed by atoms with E-state index in [2.05, 4.69) is 65.7 Å². The van der Waals surface area contributed by atoms with Gasteiger partial charge >= 0.3 is 0 Å². The van der Waals surface area contributed by atoms with Gasteiger partial charge in [0.25, 0.3) is 0 Å². The first-order valence-electron chi connectivity index (χ1n) is 12.5. The predicted molar refractivity (Wildman–Crippen MR) is 144 cm³/mol. The van der Waals surface area contributed by atoms with E-state index in [9.17, 15) is 4.79 Å². The molecule has 1 fully saturated rings. The molecule has 0 aliphatic carbocycles. The molecule has 0 bridgehead atoms. The smallest absolute Gasteiger partial charge is 0.226 e. The average Bonchev–Trinajstić information content (AvgIpc) is 3.53. The Hall–Kier alpha value is -4.20. The maximum Gasteiger partial charge on any atom is 0.226 e. The van der Waals surface area contributed by atoms with Gasteiger partial charge in [-0.1, -0.05) is 19.9 Å². The number of benzene rings is 1. The maximum atomic E-state index is 12.1. The number of amides is 1. The molecule has 1 aliphatic rings. The number of nitrogens with one attached hydrogen (secondary N) is 3. The Morgan fingerprint density at radius 3 is 2.67 bits per heavy atom. The minimum Gasteiger partial charge on any atom is -0.371 e. The Morgan fingerprint density at radius 1 is 1.00 bits per heavy atom. The van der Waals surface area contributed by atoms with Crippen LogP contribution in [0.4, 0.5) is 11.4 Å². The number of aromatic amines is 2. The summed E-state index contributed by atoms with van der Waals surface area (Å²) in [4.78, 5) is 27.1. The Labute approximate surface area is 209 Å². The van der Waals surface area contributed by atoms with Crippen LogP contribution in [0.15, 0.2) is 55.0 Å². The molecule has 5 heterocycles. The molecule has 1 aromatic carbocycles. The molecule has 8 nitrogen and oxygen atoms in total. The zero-order valence-electron chi connectivity index (χ0n) is 20.5. The Balaban J connectivity index is 1.38. The van der Waals surface area contributed by atoms with Gasteiger partial charge in [0, 0.05) is 64.5 Å². The van der Waals surface area contributed by atoms with Gasteiger partial charge in [-0.05, 0) is 49.6 Å². The van der Waals surface area contributed by atoms with E-state index in [1.165, 1.54) is 30.3 Å². The molecule has 5 aromatic rings. The average molecular weight is 480 g/mol. The number of fused-ring (bicyclic) bond motifs is 2. The quantitative estimate of drug-likeness (QED) is 0.298.